The van der Waals surface area contributed by atoms with E-state index in [2.05, 4.69) is 0 Å². The molecule has 0 aliphatic heterocycles. The Bertz CT molecular complexity index is 646. The van der Waals surface area contributed by atoms with E-state index in [1.165, 1.54) is 0 Å². The molecule has 2 rings (SSSR count). The third-order valence-electron chi connectivity index (χ3n) is 3.18. The fourth-order valence-corrected chi connectivity index (χ4v) is 2.51. The first-order valence-corrected chi connectivity index (χ1v) is 7.63. The summed E-state index contributed by atoms with van der Waals surface area (Å²) in [6.07, 6.45) is -0.632. The summed E-state index contributed by atoms with van der Waals surface area (Å²) in [6, 6.07) is 14.7. The minimum Gasteiger partial charge on any atom is -0.479 e. The Hall–Kier alpha value is -1.71. The summed E-state index contributed by atoms with van der Waals surface area (Å²) in [5, 5.41) is 0.912. The van der Waals surface area contributed by atoms with Gasteiger partial charge in [-0.2, -0.15) is 0 Å². The lowest BCUT2D eigenvalue weighted by atomic mass is 10.2. The predicted molar refractivity (Wildman–Crippen MR) is 89.5 cm³/mol. The molecule has 5 heteroatoms. The van der Waals surface area contributed by atoms with Gasteiger partial charge in [-0.15, -0.1) is 0 Å². The Balaban J connectivity index is 1.99. The van der Waals surface area contributed by atoms with Crippen LogP contribution in [-0.4, -0.2) is 24.0 Å². The van der Waals surface area contributed by atoms with Gasteiger partial charge in [0.15, 0.2) is 6.10 Å². The van der Waals surface area contributed by atoms with Crippen LogP contribution >= 0.6 is 23.2 Å². The zero-order chi connectivity index (χ0) is 16.1. The van der Waals surface area contributed by atoms with Crippen LogP contribution in [0.15, 0.2) is 48.5 Å². The number of amides is 1. The minimum absolute atomic E-state index is 0.116. The summed E-state index contributed by atoms with van der Waals surface area (Å²) < 4.78 is 5.64. The smallest absolute Gasteiger partial charge is 0.263 e. The molecule has 1 unspecified atom stereocenters. The molecule has 0 aliphatic rings. The molecule has 0 fully saturated rings. The first-order valence-electron chi connectivity index (χ1n) is 6.88. The molecular formula is C17H17Cl2NO2. The molecule has 0 bridgehead atoms. The van der Waals surface area contributed by atoms with Crippen molar-refractivity contribution in [2.75, 3.05) is 7.05 Å². The number of benzene rings is 2. The van der Waals surface area contributed by atoms with Crippen LogP contribution in [0.3, 0.4) is 0 Å². The summed E-state index contributed by atoms with van der Waals surface area (Å²) in [5.74, 6) is 0.329. The van der Waals surface area contributed by atoms with E-state index in [0.29, 0.717) is 22.3 Å². The summed E-state index contributed by atoms with van der Waals surface area (Å²) >= 11 is 11.9. The van der Waals surface area contributed by atoms with Gasteiger partial charge in [-0.25, -0.2) is 0 Å². The molecule has 0 heterocycles. The van der Waals surface area contributed by atoms with Crippen LogP contribution < -0.4 is 4.74 Å². The lowest BCUT2D eigenvalue weighted by molar-refractivity contribution is -0.137. The number of carbonyl (C=O) groups is 1. The topological polar surface area (TPSA) is 29.5 Å². The van der Waals surface area contributed by atoms with Gasteiger partial charge < -0.3 is 9.64 Å². The molecule has 2 aromatic carbocycles. The Morgan fingerprint density at radius 2 is 1.86 bits per heavy atom. The van der Waals surface area contributed by atoms with Crippen molar-refractivity contribution in [3.05, 3.63) is 64.1 Å². The Labute approximate surface area is 140 Å². The molecule has 2 aromatic rings. The number of carbonyl (C=O) groups excluding carboxylic acids is 1. The molecule has 116 valence electrons. The van der Waals surface area contributed by atoms with Crippen molar-refractivity contribution in [3.63, 3.8) is 0 Å². The maximum absolute atomic E-state index is 12.4. The Morgan fingerprint density at radius 3 is 2.50 bits per heavy atom. The van der Waals surface area contributed by atoms with Gasteiger partial charge in [0.2, 0.25) is 0 Å². The highest BCUT2D eigenvalue weighted by Crippen LogP contribution is 2.28. The van der Waals surface area contributed by atoms with Crippen molar-refractivity contribution in [2.24, 2.45) is 0 Å². The predicted octanol–water partition coefficient (Wildman–Crippen LogP) is 4.42. The van der Waals surface area contributed by atoms with Crippen LogP contribution in [0.5, 0.6) is 5.75 Å². The Kier molecular flexibility index (Phi) is 5.69. The van der Waals surface area contributed by atoms with E-state index in [0.717, 1.165) is 5.56 Å². The van der Waals surface area contributed by atoms with Gasteiger partial charge in [0.1, 0.15) is 5.75 Å². The molecule has 22 heavy (non-hydrogen) atoms. The third kappa shape index (κ3) is 4.39. The second-order valence-electron chi connectivity index (χ2n) is 5.01. The number of nitrogens with zero attached hydrogens (tertiary/aromatic N) is 1. The average Bonchev–Trinajstić information content (AvgIpc) is 2.50. The molecule has 0 aromatic heterocycles. The van der Waals surface area contributed by atoms with Gasteiger partial charge in [-0.3, -0.25) is 4.79 Å². The van der Waals surface area contributed by atoms with Gasteiger partial charge in [0, 0.05) is 18.6 Å². The maximum Gasteiger partial charge on any atom is 0.263 e. The van der Waals surface area contributed by atoms with Crippen LogP contribution in [0.2, 0.25) is 10.0 Å². The summed E-state index contributed by atoms with van der Waals surface area (Å²) in [5.41, 5.74) is 1.06. The van der Waals surface area contributed by atoms with Crippen molar-refractivity contribution in [3.8, 4) is 5.75 Å². The molecule has 3 nitrogen and oxygen atoms in total. The monoisotopic (exact) mass is 337 g/mol. The number of likely N-dealkylation sites (N-methyl/N-ethyl adjacent to an activating group) is 1. The van der Waals surface area contributed by atoms with Crippen molar-refractivity contribution in [1.29, 1.82) is 0 Å². The molecule has 0 saturated carbocycles. The molecule has 0 saturated heterocycles. The molecule has 0 N–H and O–H groups in total. The van der Waals surface area contributed by atoms with Gasteiger partial charge >= 0.3 is 0 Å². The minimum atomic E-state index is -0.632. The van der Waals surface area contributed by atoms with E-state index in [4.69, 9.17) is 27.9 Å². The zero-order valence-corrected chi connectivity index (χ0v) is 13.9. The summed E-state index contributed by atoms with van der Waals surface area (Å²) in [6.45, 7) is 2.23. The van der Waals surface area contributed by atoms with Crippen LogP contribution in [0.4, 0.5) is 0 Å². The standard InChI is InChI=1S/C17H17Cl2NO2/c1-12(22-16-9-8-14(18)10-15(16)19)17(21)20(2)11-13-6-4-3-5-7-13/h3-10,12H,11H2,1-2H3. The summed E-state index contributed by atoms with van der Waals surface area (Å²) in [4.78, 5) is 14.0. The van der Waals surface area contributed by atoms with Gasteiger partial charge in [-0.05, 0) is 30.7 Å². The number of ether oxygens (including phenoxy) is 1. The Morgan fingerprint density at radius 1 is 1.18 bits per heavy atom. The fourth-order valence-electron chi connectivity index (χ4n) is 2.06. The number of hydrogen-bond acceptors (Lipinski definition) is 2. The van der Waals surface area contributed by atoms with Crippen LogP contribution in [0, 0.1) is 0 Å². The molecule has 0 radical (unpaired) electrons. The normalized spacial score (nSPS) is 11.8. The van der Waals surface area contributed by atoms with Gasteiger partial charge in [0.25, 0.3) is 5.91 Å². The van der Waals surface area contributed by atoms with Gasteiger partial charge in [-0.1, -0.05) is 53.5 Å². The second kappa shape index (κ2) is 7.52. The summed E-state index contributed by atoms with van der Waals surface area (Å²) in [7, 11) is 1.75. The van der Waals surface area contributed by atoms with Crippen molar-refractivity contribution >= 4 is 29.1 Å². The lowest BCUT2D eigenvalue weighted by Gasteiger charge is -2.22. The van der Waals surface area contributed by atoms with E-state index in [1.54, 1.807) is 37.1 Å². The maximum atomic E-state index is 12.4. The lowest BCUT2D eigenvalue weighted by Crippen LogP contribution is -2.37. The van der Waals surface area contributed by atoms with E-state index in [-0.39, 0.29) is 5.91 Å². The highest BCUT2D eigenvalue weighted by Gasteiger charge is 2.20. The molecule has 1 amide bonds. The van der Waals surface area contributed by atoms with Crippen molar-refractivity contribution < 1.29 is 9.53 Å². The van der Waals surface area contributed by atoms with Crippen molar-refractivity contribution in [2.45, 2.75) is 19.6 Å². The van der Waals surface area contributed by atoms with E-state index in [9.17, 15) is 4.79 Å². The van der Waals surface area contributed by atoms with Gasteiger partial charge in [0.05, 0.1) is 5.02 Å². The molecular weight excluding hydrogens is 321 g/mol. The van der Waals surface area contributed by atoms with E-state index < -0.39 is 6.10 Å². The molecule has 0 spiro atoms. The number of halogens is 2. The number of hydrogen-bond donors (Lipinski definition) is 0. The van der Waals surface area contributed by atoms with E-state index in [1.807, 2.05) is 30.3 Å². The second-order valence-corrected chi connectivity index (χ2v) is 5.86. The van der Waals surface area contributed by atoms with Crippen LogP contribution in [0.25, 0.3) is 0 Å². The van der Waals surface area contributed by atoms with Crippen LogP contribution in [0.1, 0.15) is 12.5 Å². The molecule has 1 atom stereocenters. The third-order valence-corrected chi connectivity index (χ3v) is 3.71. The van der Waals surface area contributed by atoms with Crippen molar-refractivity contribution in [1.82, 2.24) is 4.90 Å². The fraction of sp³-hybridized carbons (Fsp3) is 0.235. The quantitative estimate of drug-likeness (QED) is 0.808. The van der Waals surface area contributed by atoms with E-state index >= 15 is 0 Å². The average molecular weight is 338 g/mol. The van der Waals surface area contributed by atoms with Crippen LogP contribution in [-0.2, 0) is 11.3 Å². The highest BCUT2D eigenvalue weighted by atomic mass is 35.5. The largest absolute Gasteiger partial charge is 0.479 e. The SMILES string of the molecule is CC(Oc1ccc(Cl)cc1Cl)C(=O)N(C)Cc1ccccc1. The first kappa shape index (κ1) is 16.7. The number of rotatable bonds is 5. The molecule has 0 aliphatic carbocycles. The first-order chi connectivity index (χ1) is 10.5. The zero-order valence-electron chi connectivity index (χ0n) is 12.4. The highest BCUT2D eigenvalue weighted by molar-refractivity contribution is 6.35.